The number of H-pyrrole nitrogens is 1. The van der Waals surface area contributed by atoms with Crippen LogP contribution in [0.25, 0.3) is 0 Å². The number of hydrogen-bond acceptors (Lipinski definition) is 4. The third kappa shape index (κ3) is 3.28. The minimum Gasteiger partial charge on any atom is -0.507 e. The van der Waals surface area contributed by atoms with E-state index in [2.05, 4.69) is 30.7 Å². The highest BCUT2D eigenvalue weighted by atomic mass is 16.3. The Balaban J connectivity index is 1.56. The number of aromatic nitrogens is 2. The third-order valence-electron chi connectivity index (χ3n) is 5.45. The molecule has 1 fully saturated rings. The van der Waals surface area contributed by atoms with Crippen molar-refractivity contribution in [1.82, 2.24) is 14.9 Å². The van der Waals surface area contributed by atoms with Crippen LogP contribution in [0, 0.1) is 0 Å². The number of benzene rings is 1. The molecule has 138 valence electrons. The van der Waals surface area contributed by atoms with Gasteiger partial charge < -0.3 is 10.1 Å². The van der Waals surface area contributed by atoms with Gasteiger partial charge >= 0.3 is 0 Å². The monoisotopic (exact) mass is 353 g/mol. The first-order chi connectivity index (χ1) is 12.3. The van der Waals surface area contributed by atoms with Crippen molar-refractivity contribution < 1.29 is 5.11 Å². The first-order valence-corrected chi connectivity index (χ1v) is 9.48. The lowest BCUT2D eigenvalue weighted by atomic mass is 9.85. The van der Waals surface area contributed by atoms with Crippen molar-refractivity contribution in [3.63, 3.8) is 0 Å². The van der Waals surface area contributed by atoms with Crippen molar-refractivity contribution in [3.8, 4) is 5.75 Å². The van der Waals surface area contributed by atoms with Gasteiger partial charge in [-0.25, -0.2) is 4.98 Å². The first-order valence-electron chi connectivity index (χ1n) is 9.48. The Labute approximate surface area is 154 Å². The lowest BCUT2D eigenvalue weighted by molar-refractivity contribution is 0.238. The Morgan fingerprint density at radius 2 is 2.08 bits per heavy atom. The molecule has 1 aromatic heterocycles. The number of fused-ring (bicyclic) bond motifs is 1. The Kier molecular flexibility index (Phi) is 4.14. The van der Waals surface area contributed by atoms with Crippen molar-refractivity contribution >= 4 is 0 Å². The highest BCUT2D eigenvalue weighted by molar-refractivity contribution is 5.44. The molecule has 2 N–H and O–H groups in total. The fourth-order valence-electron chi connectivity index (χ4n) is 3.75. The van der Waals surface area contributed by atoms with Crippen molar-refractivity contribution in [2.45, 2.75) is 64.5 Å². The van der Waals surface area contributed by atoms with Crippen LogP contribution in [0.5, 0.6) is 5.75 Å². The standard InChI is InChI=1S/C21H27N3O2/c1-21(2,3)16-6-4-5-14(18(16)25)11-24-10-9-17-15(12-24)20(26)23-19(22-17)13-7-8-13/h4-6,13,25H,7-12H2,1-3H3,(H,22,23,26). The van der Waals surface area contributed by atoms with Gasteiger partial charge in [-0.15, -0.1) is 0 Å². The number of phenolic OH excluding ortho intramolecular Hbond substituents is 1. The molecule has 0 bridgehead atoms. The molecule has 1 aliphatic carbocycles. The molecule has 1 saturated carbocycles. The van der Waals surface area contributed by atoms with E-state index in [0.29, 0.717) is 24.8 Å². The zero-order valence-electron chi connectivity index (χ0n) is 15.8. The number of nitrogens with zero attached hydrogens (tertiary/aromatic N) is 2. The first kappa shape index (κ1) is 17.3. The van der Waals surface area contributed by atoms with Crippen LogP contribution in [0.15, 0.2) is 23.0 Å². The summed E-state index contributed by atoms with van der Waals surface area (Å²) in [5, 5.41) is 10.7. The van der Waals surface area contributed by atoms with Gasteiger partial charge in [-0.1, -0.05) is 39.0 Å². The molecule has 0 radical (unpaired) electrons. The summed E-state index contributed by atoms with van der Waals surface area (Å²) in [5.74, 6) is 1.71. The van der Waals surface area contributed by atoms with Crippen LogP contribution in [0.3, 0.4) is 0 Å². The Morgan fingerprint density at radius 1 is 1.31 bits per heavy atom. The van der Waals surface area contributed by atoms with E-state index in [-0.39, 0.29) is 11.0 Å². The molecule has 2 heterocycles. The van der Waals surface area contributed by atoms with Crippen molar-refractivity contribution in [1.29, 1.82) is 0 Å². The molecule has 1 aromatic carbocycles. The van der Waals surface area contributed by atoms with Gasteiger partial charge in [0.15, 0.2) is 0 Å². The van der Waals surface area contributed by atoms with Gasteiger partial charge in [0.1, 0.15) is 11.6 Å². The van der Waals surface area contributed by atoms with Gasteiger partial charge in [-0.3, -0.25) is 9.69 Å². The summed E-state index contributed by atoms with van der Waals surface area (Å²) in [6.07, 6.45) is 3.06. The molecule has 5 heteroatoms. The summed E-state index contributed by atoms with van der Waals surface area (Å²) >= 11 is 0. The molecule has 4 rings (SSSR count). The SMILES string of the molecule is CC(C)(C)c1cccc(CN2CCc3nc(C4CC4)[nH]c(=O)c3C2)c1O. The summed E-state index contributed by atoms with van der Waals surface area (Å²) < 4.78 is 0. The smallest absolute Gasteiger partial charge is 0.255 e. The molecule has 0 atom stereocenters. The van der Waals surface area contributed by atoms with Gasteiger partial charge in [0, 0.05) is 37.5 Å². The number of rotatable bonds is 3. The second-order valence-corrected chi connectivity index (χ2v) is 8.67. The molecule has 26 heavy (non-hydrogen) atoms. The zero-order chi connectivity index (χ0) is 18.5. The molecule has 0 spiro atoms. The van der Waals surface area contributed by atoms with Crippen molar-refractivity contribution in [2.75, 3.05) is 6.54 Å². The minimum atomic E-state index is -0.102. The maximum absolute atomic E-state index is 12.5. The predicted octanol–water partition coefficient (Wildman–Crippen LogP) is 3.21. The molecule has 1 aliphatic heterocycles. The van der Waals surface area contributed by atoms with E-state index < -0.39 is 0 Å². The summed E-state index contributed by atoms with van der Waals surface area (Å²) in [6.45, 7) is 8.39. The highest BCUT2D eigenvalue weighted by Gasteiger charge is 2.29. The number of hydrogen-bond donors (Lipinski definition) is 2. The number of para-hydroxylation sites is 1. The summed E-state index contributed by atoms with van der Waals surface area (Å²) in [5.41, 5.74) is 3.52. The van der Waals surface area contributed by atoms with E-state index in [4.69, 9.17) is 4.98 Å². The molecule has 5 nitrogen and oxygen atoms in total. The summed E-state index contributed by atoms with van der Waals surface area (Å²) in [6, 6.07) is 5.96. The van der Waals surface area contributed by atoms with Crippen LogP contribution < -0.4 is 5.56 Å². The average molecular weight is 353 g/mol. The number of aromatic hydroxyl groups is 1. The third-order valence-corrected chi connectivity index (χ3v) is 5.45. The van der Waals surface area contributed by atoms with Crippen LogP contribution in [-0.2, 0) is 24.9 Å². The van der Waals surface area contributed by atoms with Crippen LogP contribution in [0.1, 0.15) is 67.7 Å². The highest BCUT2D eigenvalue weighted by Crippen LogP contribution is 2.38. The Bertz CT molecular complexity index is 891. The summed E-state index contributed by atoms with van der Waals surface area (Å²) in [7, 11) is 0. The van der Waals surface area contributed by atoms with Crippen molar-refractivity contribution in [2.24, 2.45) is 0 Å². The van der Waals surface area contributed by atoms with Gasteiger partial charge in [-0.2, -0.15) is 0 Å². The Hall–Kier alpha value is -2.14. The van der Waals surface area contributed by atoms with Gasteiger partial charge in [-0.05, 0) is 23.8 Å². The lowest BCUT2D eigenvalue weighted by Gasteiger charge is -2.29. The van der Waals surface area contributed by atoms with Gasteiger partial charge in [0.2, 0.25) is 0 Å². The predicted molar refractivity (Wildman–Crippen MR) is 101 cm³/mol. The minimum absolute atomic E-state index is 0.00858. The topological polar surface area (TPSA) is 69.2 Å². The van der Waals surface area contributed by atoms with Crippen LogP contribution in [0.4, 0.5) is 0 Å². The molecule has 0 unspecified atom stereocenters. The second kappa shape index (κ2) is 6.23. The largest absolute Gasteiger partial charge is 0.507 e. The van der Waals surface area contributed by atoms with Gasteiger partial charge in [0.25, 0.3) is 5.56 Å². The van der Waals surface area contributed by atoms with Gasteiger partial charge in [0.05, 0.1) is 11.3 Å². The van der Waals surface area contributed by atoms with E-state index in [1.807, 2.05) is 18.2 Å². The zero-order valence-corrected chi connectivity index (χ0v) is 15.8. The van der Waals surface area contributed by atoms with Crippen LogP contribution in [-0.4, -0.2) is 26.5 Å². The molecule has 2 aromatic rings. The molecule has 0 saturated heterocycles. The Morgan fingerprint density at radius 3 is 2.77 bits per heavy atom. The number of aromatic amines is 1. The van der Waals surface area contributed by atoms with E-state index in [9.17, 15) is 9.90 Å². The molecular weight excluding hydrogens is 326 g/mol. The number of nitrogens with one attached hydrogen (secondary N) is 1. The van der Waals surface area contributed by atoms with Crippen LogP contribution >= 0.6 is 0 Å². The van der Waals surface area contributed by atoms with E-state index >= 15 is 0 Å². The fraction of sp³-hybridized carbons (Fsp3) is 0.524. The van der Waals surface area contributed by atoms with E-state index in [1.54, 1.807) is 0 Å². The molecule has 0 amide bonds. The molecule has 2 aliphatic rings. The van der Waals surface area contributed by atoms with E-state index in [0.717, 1.165) is 54.0 Å². The normalized spacial score (nSPS) is 18.0. The maximum atomic E-state index is 12.5. The fourth-order valence-corrected chi connectivity index (χ4v) is 3.75. The number of phenols is 1. The lowest BCUT2D eigenvalue weighted by Crippen LogP contribution is -2.35. The quantitative estimate of drug-likeness (QED) is 0.889. The second-order valence-electron chi connectivity index (χ2n) is 8.67. The van der Waals surface area contributed by atoms with Crippen molar-refractivity contribution in [3.05, 3.63) is 56.8 Å². The van der Waals surface area contributed by atoms with Crippen LogP contribution in [0.2, 0.25) is 0 Å². The van der Waals surface area contributed by atoms with E-state index in [1.165, 1.54) is 0 Å². The average Bonchev–Trinajstić information content (AvgIpc) is 3.41. The summed E-state index contributed by atoms with van der Waals surface area (Å²) in [4.78, 5) is 22.4. The molecular formula is C21H27N3O2. The maximum Gasteiger partial charge on any atom is 0.255 e.